The maximum absolute atomic E-state index is 12.9. The minimum Gasteiger partial charge on any atom is -0.491 e. The van der Waals surface area contributed by atoms with Gasteiger partial charge in [0, 0.05) is 0 Å². The van der Waals surface area contributed by atoms with Gasteiger partial charge >= 0.3 is 0 Å². The van der Waals surface area contributed by atoms with Crippen LogP contribution in [-0.2, 0) is 22.1 Å². The molecule has 0 aliphatic rings. The summed E-state index contributed by atoms with van der Waals surface area (Å²) in [4.78, 5) is 4.79. The quantitative estimate of drug-likeness (QED) is 0.455. The summed E-state index contributed by atoms with van der Waals surface area (Å²) in [6, 6.07) is 23.4. The summed E-state index contributed by atoms with van der Waals surface area (Å²) in [5, 5.41) is 10.6. The van der Waals surface area contributed by atoms with Crippen LogP contribution in [0, 0.1) is 6.92 Å². The smallest absolute Gasteiger partial charge is 0.185 e. The Kier molecular flexibility index (Phi) is 6.06. The summed E-state index contributed by atoms with van der Waals surface area (Å²) >= 11 is 0. The second-order valence-corrected chi connectivity index (χ2v) is 9.47. The molecule has 1 heterocycles. The number of aryl methyl sites for hydroxylation is 1. The Morgan fingerprint density at radius 3 is 2.52 bits per heavy atom. The lowest BCUT2D eigenvalue weighted by molar-refractivity contribution is 0.0928. The summed E-state index contributed by atoms with van der Waals surface area (Å²) in [6.45, 7) is 2.23. The molecule has 0 fully saturated rings. The highest BCUT2D eigenvalue weighted by Crippen LogP contribution is 2.22. The SMILES string of the molecule is Cc1cccc(OCC(O)Cn2c(CS(=O)(=O)c3ccccc3)nc3ccccc32)c1. The lowest BCUT2D eigenvalue weighted by Crippen LogP contribution is -2.25. The lowest BCUT2D eigenvalue weighted by atomic mass is 10.2. The van der Waals surface area contributed by atoms with E-state index in [1.807, 2.05) is 55.5 Å². The fraction of sp³-hybridized carbons (Fsp3) is 0.208. The van der Waals surface area contributed by atoms with E-state index in [0.29, 0.717) is 17.1 Å². The number of hydrogen-bond acceptors (Lipinski definition) is 5. The highest BCUT2D eigenvalue weighted by atomic mass is 32.2. The Morgan fingerprint density at radius 1 is 1.00 bits per heavy atom. The number of hydrogen-bond donors (Lipinski definition) is 1. The summed E-state index contributed by atoms with van der Waals surface area (Å²) < 4.78 is 33.3. The van der Waals surface area contributed by atoms with Crippen molar-refractivity contribution in [2.24, 2.45) is 0 Å². The zero-order valence-electron chi connectivity index (χ0n) is 17.2. The second-order valence-electron chi connectivity index (χ2n) is 7.48. The van der Waals surface area contributed by atoms with Crippen molar-refractivity contribution < 1.29 is 18.3 Å². The molecule has 0 bridgehead atoms. The fourth-order valence-corrected chi connectivity index (χ4v) is 4.78. The van der Waals surface area contributed by atoms with Gasteiger partial charge in [-0.1, -0.05) is 42.5 Å². The van der Waals surface area contributed by atoms with Gasteiger partial charge in [-0.05, 0) is 48.9 Å². The predicted octanol–water partition coefficient (Wildman–Crippen LogP) is 3.76. The molecule has 1 N–H and O–H groups in total. The summed E-state index contributed by atoms with van der Waals surface area (Å²) in [6.07, 6.45) is -0.837. The van der Waals surface area contributed by atoms with Gasteiger partial charge in [0.1, 0.15) is 30.0 Å². The maximum atomic E-state index is 12.9. The Balaban J connectivity index is 1.58. The van der Waals surface area contributed by atoms with Gasteiger partial charge in [-0.3, -0.25) is 0 Å². The first-order chi connectivity index (χ1) is 14.9. The molecular formula is C24H24N2O4S. The van der Waals surface area contributed by atoms with Gasteiger partial charge in [0.15, 0.2) is 9.84 Å². The third-order valence-corrected chi connectivity index (χ3v) is 6.61. The number of ether oxygens (including phenoxy) is 1. The second kappa shape index (κ2) is 8.91. The van der Waals surface area contributed by atoms with Crippen LogP contribution in [0.1, 0.15) is 11.4 Å². The monoisotopic (exact) mass is 436 g/mol. The fourth-order valence-electron chi connectivity index (χ4n) is 3.48. The van der Waals surface area contributed by atoms with Crippen LogP contribution in [0.4, 0.5) is 0 Å². The van der Waals surface area contributed by atoms with E-state index in [1.165, 1.54) is 0 Å². The van der Waals surface area contributed by atoms with Crippen molar-refractivity contribution in [1.29, 1.82) is 0 Å². The molecule has 0 aliphatic heterocycles. The third kappa shape index (κ3) is 4.95. The summed E-state index contributed by atoms with van der Waals surface area (Å²) in [5.74, 6) is 0.818. The van der Waals surface area contributed by atoms with Crippen LogP contribution in [0.3, 0.4) is 0 Å². The number of fused-ring (bicyclic) bond motifs is 1. The lowest BCUT2D eigenvalue weighted by Gasteiger charge is -2.16. The van der Waals surface area contributed by atoms with Crippen LogP contribution in [0.5, 0.6) is 5.75 Å². The topological polar surface area (TPSA) is 81.4 Å². The van der Waals surface area contributed by atoms with Crippen LogP contribution in [-0.4, -0.2) is 35.8 Å². The van der Waals surface area contributed by atoms with Gasteiger partial charge in [0.05, 0.1) is 22.5 Å². The van der Waals surface area contributed by atoms with Crippen molar-refractivity contribution in [3.8, 4) is 5.75 Å². The molecule has 1 unspecified atom stereocenters. The van der Waals surface area contributed by atoms with Gasteiger partial charge in [-0.25, -0.2) is 13.4 Å². The van der Waals surface area contributed by atoms with Gasteiger partial charge < -0.3 is 14.4 Å². The molecule has 0 radical (unpaired) electrons. The number of rotatable bonds is 8. The number of aliphatic hydroxyl groups is 1. The van der Waals surface area contributed by atoms with Crippen LogP contribution in [0.15, 0.2) is 83.8 Å². The maximum Gasteiger partial charge on any atom is 0.185 e. The average molecular weight is 437 g/mol. The zero-order valence-corrected chi connectivity index (χ0v) is 18.0. The predicted molar refractivity (Wildman–Crippen MR) is 120 cm³/mol. The molecule has 1 atom stereocenters. The molecule has 31 heavy (non-hydrogen) atoms. The first kappa shape index (κ1) is 21.1. The molecule has 7 heteroatoms. The first-order valence-corrected chi connectivity index (χ1v) is 11.7. The molecule has 1 aromatic heterocycles. The largest absolute Gasteiger partial charge is 0.491 e. The summed E-state index contributed by atoms with van der Waals surface area (Å²) in [5.41, 5.74) is 2.53. The number of benzene rings is 3. The van der Waals surface area contributed by atoms with Crippen LogP contribution < -0.4 is 4.74 Å². The Morgan fingerprint density at radius 2 is 1.74 bits per heavy atom. The van der Waals surface area contributed by atoms with Crippen LogP contribution >= 0.6 is 0 Å². The van der Waals surface area contributed by atoms with E-state index in [9.17, 15) is 13.5 Å². The van der Waals surface area contributed by atoms with Crippen LogP contribution in [0.2, 0.25) is 0 Å². The third-order valence-electron chi connectivity index (χ3n) is 4.98. The van der Waals surface area contributed by atoms with Crippen molar-refractivity contribution in [3.05, 3.63) is 90.3 Å². The van der Waals surface area contributed by atoms with Gasteiger partial charge in [-0.2, -0.15) is 0 Å². The molecule has 0 saturated carbocycles. The molecule has 0 saturated heterocycles. The molecule has 3 aromatic carbocycles. The highest BCUT2D eigenvalue weighted by molar-refractivity contribution is 7.90. The van der Waals surface area contributed by atoms with Crippen molar-refractivity contribution >= 4 is 20.9 Å². The van der Waals surface area contributed by atoms with Crippen molar-refractivity contribution in [2.75, 3.05) is 6.61 Å². The Bertz CT molecular complexity index is 1280. The highest BCUT2D eigenvalue weighted by Gasteiger charge is 2.22. The zero-order chi connectivity index (χ0) is 21.8. The number of nitrogens with zero attached hydrogens (tertiary/aromatic N) is 2. The molecule has 0 amide bonds. The number of imidazole rings is 1. The van der Waals surface area contributed by atoms with E-state index in [-0.39, 0.29) is 23.8 Å². The van der Waals surface area contributed by atoms with E-state index in [2.05, 4.69) is 4.98 Å². The normalized spacial score (nSPS) is 12.7. The Labute approximate surface area is 181 Å². The van der Waals surface area contributed by atoms with Crippen molar-refractivity contribution in [3.63, 3.8) is 0 Å². The molecule has 0 aliphatic carbocycles. The minimum atomic E-state index is -3.58. The number of aromatic nitrogens is 2. The molecule has 0 spiro atoms. The molecule has 4 aromatic rings. The van der Waals surface area contributed by atoms with E-state index in [1.54, 1.807) is 34.9 Å². The van der Waals surface area contributed by atoms with Crippen molar-refractivity contribution in [2.45, 2.75) is 30.2 Å². The Hall–Kier alpha value is -3.16. The summed E-state index contributed by atoms with van der Waals surface area (Å²) in [7, 11) is -3.58. The molecule has 4 rings (SSSR count). The molecule has 160 valence electrons. The van der Waals surface area contributed by atoms with E-state index in [4.69, 9.17) is 4.74 Å². The van der Waals surface area contributed by atoms with Crippen molar-refractivity contribution in [1.82, 2.24) is 9.55 Å². The van der Waals surface area contributed by atoms with Gasteiger partial charge in [-0.15, -0.1) is 0 Å². The van der Waals surface area contributed by atoms with E-state index in [0.717, 1.165) is 11.1 Å². The van der Waals surface area contributed by atoms with Crippen LogP contribution in [0.25, 0.3) is 11.0 Å². The average Bonchev–Trinajstić information content (AvgIpc) is 3.09. The van der Waals surface area contributed by atoms with Gasteiger partial charge in [0.2, 0.25) is 0 Å². The number of sulfone groups is 1. The van der Waals surface area contributed by atoms with E-state index < -0.39 is 15.9 Å². The molecular weight excluding hydrogens is 412 g/mol. The minimum absolute atomic E-state index is 0.0842. The first-order valence-electron chi connectivity index (χ1n) is 10.0. The number of para-hydroxylation sites is 2. The standard InChI is InChI=1S/C24H24N2O4S/c1-18-8-7-9-20(14-18)30-16-19(27)15-26-23-13-6-5-12-22(23)25-24(26)17-31(28,29)21-10-3-2-4-11-21/h2-14,19,27H,15-17H2,1H3. The number of aliphatic hydroxyl groups excluding tert-OH is 1. The van der Waals surface area contributed by atoms with Gasteiger partial charge in [0.25, 0.3) is 0 Å². The van der Waals surface area contributed by atoms with E-state index >= 15 is 0 Å². The molecule has 6 nitrogen and oxygen atoms in total.